The Balaban J connectivity index is 1.61. The van der Waals surface area contributed by atoms with Crippen molar-refractivity contribution in [3.8, 4) is 12.3 Å². The van der Waals surface area contributed by atoms with Crippen molar-refractivity contribution < 1.29 is 13.2 Å². The molecule has 3 rings (SSSR count). The number of anilines is 1. The van der Waals surface area contributed by atoms with Gasteiger partial charge in [0.2, 0.25) is 15.9 Å². The molecule has 1 fully saturated rings. The highest BCUT2D eigenvalue weighted by Gasteiger charge is 2.32. The summed E-state index contributed by atoms with van der Waals surface area (Å²) in [5, 5.41) is 2.89. The van der Waals surface area contributed by atoms with E-state index in [2.05, 4.69) is 25.1 Å². The van der Waals surface area contributed by atoms with E-state index in [0.29, 0.717) is 48.0 Å². The van der Waals surface area contributed by atoms with E-state index in [-0.39, 0.29) is 11.8 Å². The highest BCUT2D eigenvalue weighted by Crippen LogP contribution is 2.26. The molecule has 5 nitrogen and oxygen atoms in total. The summed E-state index contributed by atoms with van der Waals surface area (Å²) < 4.78 is 27.3. The van der Waals surface area contributed by atoms with Gasteiger partial charge in [-0.3, -0.25) is 4.79 Å². The molecule has 1 aliphatic heterocycles. The van der Waals surface area contributed by atoms with Gasteiger partial charge in [-0.2, -0.15) is 4.31 Å². The topological polar surface area (TPSA) is 66.5 Å². The molecule has 0 atom stereocenters. The van der Waals surface area contributed by atoms with E-state index in [1.165, 1.54) is 4.31 Å². The van der Waals surface area contributed by atoms with Gasteiger partial charge >= 0.3 is 0 Å². The molecule has 2 aromatic carbocycles. The fourth-order valence-electron chi connectivity index (χ4n) is 3.46. The average molecular weight is 411 g/mol. The summed E-state index contributed by atoms with van der Waals surface area (Å²) in [6.07, 6.45) is 6.37. The van der Waals surface area contributed by atoms with Gasteiger partial charge < -0.3 is 5.32 Å². The maximum atomic E-state index is 12.9. The van der Waals surface area contributed by atoms with Crippen LogP contribution in [-0.2, 0) is 14.8 Å². The number of piperidine rings is 1. The minimum absolute atomic E-state index is 0.0995. The van der Waals surface area contributed by atoms with Crippen molar-refractivity contribution in [3.63, 3.8) is 0 Å². The number of hydrogen-bond acceptors (Lipinski definition) is 3. The second-order valence-electron chi connectivity index (χ2n) is 7.62. The van der Waals surface area contributed by atoms with Gasteiger partial charge in [-0.05, 0) is 54.7 Å². The third-order valence-electron chi connectivity index (χ3n) is 5.31. The minimum Gasteiger partial charge on any atom is -0.326 e. The van der Waals surface area contributed by atoms with E-state index in [1.54, 1.807) is 36.4 Å². The number of benzene rings is 2. The third-order valence-corrected chi connectivity index (χ3v) is 7.22. The molecule has 0 unspecified atom stereocenters. The Labute approximate surface area is 173 Å². The fraction of sp³-hybridized carbons (Fsp3) is 0.348. The summed E-state index contributed by atoms with van der Waals surface area (Å²) in [6, 6.07) is 14.2. The molecule has 152 valence electrons. The van der Waals surface area contributed by atoms with Crippen molar-refractivity contribution in [1.82, 2.24) is 4.31 Å². The van der Waals surface area contributed by atoms with Crippen LogP contribution in [0.15, 0.2) is 53.4 Å². The van der Waals surface area contributed by atoms with Crippen LogP contribution in [0.2, 0.25) is 0 Å². The van der Waals surface area contributed by atoms with Crippen molar-refractivity contribution in [2.75, 3.05) is 18.4 Å². The molecule has 2 aromatic rings. The molecule has 1 amide bonds. The molecular weight excluding hydrogens is 384 g/mol. The molecule has 0 bridgehead atoms. The fourth-order valence-corrected chi connectivity index (χ4v) is 4.93. The average Bonchev–Trinajstić information content (AvgIpc) is 2.74. The van der Waals surface area contributed by atoms with Crippen LogP contribution in [0.3, 0.4) is 0 Å². The van der Waals surface area contributed by atoms with Crippen LogP contribution in [0, 0.1) is 18.3 Å². The van der Waals surface area contributed by atoms with E-state index in [4.69, 9.17) is 6.42 Å². The monoisotopic (exact) mass is 410 g/mol. The van der Waals surface area contributed by atoms with Crippen LogP contribution >= 0.6 is 0 Å². The van der Waals surface area contributed by atoms with Gasteiger partial charge in [-0.1, -0.05) is 38.0 Å². The van der Waals surface area contributed by atoms with E-state index < -0.39 is 10.0 Å². The highest BCUT2D eigenvalue weighted by atomic mass is 32.2. The molecule has 1 aliphatic rings. The second-order valence-corrected chi connectivity index (χ2v) is 9.55. The number of carbonyl (C=O) groups excluding carboxylic acids is 1. The van der Waals surface area contributed by atoms with Crippen LogP contribution < -0.4 is 5.32 Å². The maximum Gasteiger partial charge on any atom is 0.243 e. The molecule has 1 N–H and O–H groups in total. The first-order valence-corrected chi connectivity index (χ1v) is 11.2. The van der Waals surface area contributed by atoms with E-state index in [0.717, 1.165) is 5.56 Å². The molecule has 1 saturated heterocycles. The summed E-state index contributed by atoms with van der Waals surface area (Å²) >= 11 is 0. The number of rotatable bonds is 5. The Morgan fingerprint density at radius 3 is 2.38 bits per heavy atom. The van der Waals surface area contributed by atoms with Crippen molar-refractivity contribution in [2.45, 2.75) is 37.5 Å². The molecule has 0 spiro atoms. The first-order chi connectivity index (χ1) is 13.8. The molecule has 6 heteroatoms. The van der Waals surface area contributed by atoms with Crippen molar-refractivity contribution in [1.29, 1.82) is 0 Å². The summed E-state index contributed by atoms with van der Waals surface area (Å²) in [4.78, 5) is 12.9. The molecular formula is C23H26N2O3S. The van der Waals surface area contributed by atoms with Crippen LogP contribution in [0.5, 0.6) is 0 Å². The number of nitrogens with one attached hydrogen (secondary N) is 1. The SMILES string of the molecule is C#Cc1cccc(NC(=O)C2CCN(S(=O)(=O)c3ccc(C(C)C)cc3)CC2)c1. The quantitative estimate of drug-likeness (QED) is 0.762. The van der Waals surface area contributed by atoms with Gasteiger partial charge in [0.05, 0.1) is 4.90 Å². The smallest absolute Gasteiger partial charge is 0.243 e. The number of amides is 1. The molecule has 0 aromatic heterocycles. The van der Waals surface area contributed by atoms with Crippen LogP contribution in [-0.4, -0.2) is 31.7 Å². The summed E-state index contributed by atoms with van der Waals surface area (Å²) in [5.41, 5.74) is 2.46. The highest BCUT2D eigenvalue weighted by molar-refractivity contribution is 7.89. The van der Waals surface area contributed by atoms with Gasteiger partial charge in [0.15, 0.2) is 0 Å². The predicted molar refractivity (Wildman–Crippen MR) is 115 cm³/mol. The Kier molecular flexibility index (Phi) is 6.41. The zero-order valence-electron chi connectivity index (χ0n) is 16.8. The lowest BCUT2D eigenvalue weighted by Crippen LogP contribution is -2.41. The Bertz CT molecular complexity index is 1010. The van der Waals surface area contributed by atoms with Gasteiger partial charge in [0.25, 0.3) is 0 Å². The second kappa shape index (κ2) is 8.81. The van der Waals surface area contributed by atoms with Gasteiger partial charge in [0, 0.05) is 30.3 Å². The standard InChI is InChI=1S/C23H26N2O3S/c1-4-18-6-5-7-21(16-18)24-23(26)20-12-14-25(15-13-20)29(27,28)22-10-8-19(9-11-22)17(2)3/h1,5-11,16-17,20H,12-15H2,2-3H3,(H,24,26). The Hall–Kier alpha value is -2.62. The first-order valence-electron chi connectivity index (χ1n) is 9.79. The lowest BCUT2D eigenvalue weighted by molar-refractivity contribution is -0.120. The van der Waals surface area contributed by atoms with Crippen molar-refractivity contribution in [3.05, 3.63) is 59.7 Å². The normalized spacial score (nSPS) is 15.8. The summed E-state index contributed by atoms with van der Waals surface area (Å²) in [6.45, 7) is 4.80. The third kappa shape index (κ3) is 4.87. The largest absolute Gasteiger partial charge is 0.326 e. The summed E-state index contributed by atoms with van der Waals surface area (Å²) in [7, 11) is -3.54. The summed E-state index contributed by atoms with van der Waals surface area (Å²) in [5.74, 6) is 2.57. The van der Waals surface area contributed by atoms with Crippen LogP contribution in [0.25, 0.3) is 0 Å². The molecule has 0 aliphatic carbocycles. The minimum atomic E-state index is -3.54. The van der Waals surface area contributed by atoms with Gasteiger partial charge in [-0.25, -0.2) is 8.42 Å². The van der Waals surface area contributed by atoms with Gasteiger partial charge in [-0.15, -0.1) is 6.42 Å². The van der Waals surface area contributed by atoms with Crippen LogP contribution in [0.4, 0.5) is 5.69 Å². The van der Waals surface area contributed by atoms with Crippen molar-refractivity contribution >= 4 is 21.6 Å². The van der Waals surface area contributed by atoms with Crippen molar-refractivity contribution in [2.24, 2.45) is 5.92 Å². The molecule has 29 heavy (non-hydrogen) atoms. The molecule has 1 heterocycles. The lowest BCUT2D eigenvalue weighted by atomic mass is 9.97. The maximum absolute atomic E-state index is 12.9. The molecule has 0 radical (unpaired) electrons. The predicted octanol–water partition coefficient (Wildman–Crippen LogP) is 3.83. The van der Waals surface area contributed by atoms with Gasteiger partial charge in [0.1, 0.15) is 0 Å². The molecule has 0 saturated carbocycles. The lowest BCUT2D eigenvalue weighted by Gasteiger charge is -2.30. The van der Waals surface area contributed by atoms with E-state index in [9.17, 15) is 13.2 Å². The number of nitrogens with zero attached hydrogens (tertiary/aromatic N) is 1. The number of hydrogen-bond donors (Lipinski definition) is 1. The number of terminal acetylenes is 1. The number of carbonyl (C=O) groups is 1. The number of sulfonamides is 1. The first kappa shape index (κ1) is 21.1. The zero-order valence-corrected chi connectivity index (χ0v) is 17.6. The van der Waals surface area contributed by atoms with Crippen LogP contribution in [0.1, 0.15) is 43.7 Å². The zero-order chi connectivity index (χ0) is 21.0. The Morgan fingerprint density at radius 1 is 1.14 bits per heavy atom. The van der Waals surface area contributed by atoms with E-state index >= 15 is 0 Å². The Morgan fingerprint density at radius 2 is 1.79 bits per heavy atom. The van der Waals surface area contributed by atoms with E-state index in [1.807, 2.05) is 12.1 Å².